The minimum Gasteiger partial charge on any atom is -0.487 e. The minimum absolute atomic E-state index is 0.0221. The third-order valence-corrected chi connectivity index (χ3v) is 6.66. The first-order valence-corrected chi connectivity index (χ1v) is 10.9. The SMILES string of the molecule is CC(=O)c1ccc(-c2cc(F)cc3c2OC(CNC(=O)Cc2csc(C)n2)C3)s1. The molecule has 0 aliphatic carbocycles. The Morgan fingerprint density at radius 1 is 1.34 bits per heavy atom. The second kappa shape index (κ2) is 8.04. The molecule has 3 aromatic rings. The van der Waals surface area contributed by atoms with Gasteiger partial charge in [-0.2, -0.15) is 0 Å². The summed E-state index contributed by atoms with van der Waals surface area (Å²) in [5, 5.41) is 5.68. The van der Waals surface area contributed by atoms with E-state index in [9.17, 15) is 14.0 Å². The molecule has 0 spiro atoms. The number of Topliss-reactive ketones (excluding diaryl/α,β-unsaturated/α-hetero) is 1. The maximum Gasteiger partial charge on any atom is 0.226 e. The summed E-state index contributed by atoms with van der Waals surface area (Å²) < 4.78 is 20.2. The van der Waals surface area contributed by atoms with E-state index in [0.717, 1.165) is 21.1 Å². The van der Waals surface area contributed by atoms with Gasteiger partial charge < -0.3 is 10.1 Å². The molecule has 1 aromatic carbocycles. The predicted molar refractivity (Wildman–Crippen MR) is 111 cm³/mol. The van der Waals surface area contributed by atoms with E-state index >= 15 is 0 Å². The second-order valence-electron chi connectivity index (χ2n) is 6.94. The zero-order valence-corrected chi connectivity index (χ0v) is 17.6. The fraction of sp³-hybridized carbons (Fsp3) is 0.286. The molecule has 0 saturated heterocycles. The molecular formula is C21H19FN2O3S2. The summed E-state index contributed by atoms with van der Waals surface area (Å²) in [7, 11) is 0. The molecule has 2 aromatic heterocycles. The van der Waals surface area contributed by atoms with E-state index in [0.29, 0.717) is 29.2 Å². The maximum absolute atomic E-state index is 14.2. The molecule has 5 nitrogen and oxygen atoms in total. The van der Waals surface area contributed by atoms with Crippen molar-refractivity contribution in [2.75, 3.05) is 6.54 Å². The van der Waals surface area contributed by atoms with Crippen LogP contribution in [-0.4, -0.2) is 29.3 Å². The molecule has 3 heterocycles. The Hall–Kier alpha value is -2.58. The first-order valence-electron chi connectivity index (χ1n) is 9.17. The quantitative estimate of drug-likeness (QED) is 0.596. The fourth-order valence-corrected chi connectivity index (χ4v) is 4.83. The number of fused-ring (bicyclic) bond motifs is 1. The Morgan fingerprint density at radius 3 is 2.86 bits per heavy atom. The number of rotatable bonds is 6. The molecule has 1 aliphatic heterocycles. The van der Waals surface area contributed by atoms with Crippen LogP contribution in [-0.2, 0) is 17.6 Å². The van der Waals surface area contributed by atoms with Gasteiger partial charge in [0.1, 0.15) is 17.7 Å². The van der Waals surface area contributed by atoms with Gasteiger partial charge in [0.25, 0.3) is 0 Å². The van der Waals surface area contributed by atoms with Crippen LogP contribution in [0.3, 0.4) is 0 Å². The number of benzene rings is 1. The Bertz CT molecular complexity index is 1090. The van der Waals surface area contributed by atoms with E-state index in [4.69, 9.17) is 4.74 Å². The normalized spacial score (nSPS) is 15.1. The van der Waals surface area contributed by atoms with Crippen molar-refractivity contribution < 1.29 is 18.7 Å². The number of hydrogen-bond acceptors (Lipinski definition) is 6. The highest BCUT2D eigenvalue weighted by atomic mass is 32.1. The van der Waals surface area contributed by atoms with Crippen LogP contribution in [0.2, 0.25) is 0 Å². The van der Waals surface area contributed by atoms with Crippen molar-refractivity contribution in [3.05, 3.63) is 56.6 Å². The van der Waals surface area contributed by atoms with Crippen molar-refractivity contribution in [1.29, 1.82) is 0 Å². The summed E-state index contributed by atoms with van der Waals surface area (Å²) in [5.74, 6) is 0.137. The summed E-state index contributed by atoms with van der Waals surface area (Å²) in [6, 6.07) is 6.45. The lowest BCUT2D eigenvalue weighted by Gasteiger charge is -2.13. The van der Waals surface area contributed by atoms with Crippen molar-refractivity contribution in [2.24, 2.45) is 0 Å². The number of carbonyl (C=O) groups excluding carboxylic acids is 2. The van der Waals surface area contributed by atoms with E-state index in [1.165, 1.54) is 41.7 Å². The largest absolute Gasteiger partial charge is 0.487 e. The van der Waals surface area contributed by atoms with Gasteiger partial charge in [-0.15, -0.1) is 22.7 Å². The number of thiophene rings is 1. The van der Waals surface area contributed by atoms with E-state index in [1.54, 1.807) is 6.07 Å². The monoisotopic (exact) mass is 430 g/mol. The molecule has 1 atom stereocenters. The number of ketones is 1. The molecule has 0 fully saturated rings. The third kappa shape index (κ3) is 4.38. The summed E-state index contributed by atoms with van der Waals surface area (Å²) in [6.07, 6.45) is 0.479. The number of aryl methyl sites for hydroxylation is 1. The molecule has 4 rings (SSSR count). The van der Waals surface area contributed by atoms with E-state index in [1.807, 2.05) is 18.4 Å². The van der Waals surface area contributed by atoms with Crippen molar-refractivity contribution in [3.63, 3.8) is 0 Å². The average Bonchev–Trinajstić information content (AvgIpc) is 3.38. The highest BCUT2D eigenvalue weighted by molar-refractivity contribution is 7.17. The second-order valence-corrected chi connectivity index (χ2v) is 9.09. The van der Waals surface area contributed by atoms with Crippen molar-refractivity contribution in [1.82, 2.24) is 10.3 Å². The molecule has 1 N–H and O–H groups in total. The van der Waals surface area contributed by atoms with Crippen LogP contribution in [0.1, 0.15) is 32.9 Å². The number of amides is 1. The van der Waals surface area contributed by atoms with Crippen molar-refractivity contribution >= 4 is 34.4 Å². The number of carbonyl (C=O) groups is 2. The number of aromatic nitrogens is 1. The number of nitrogens with one attached hydrogen (secondary N) is 1. The summed E-state index contributed by atoms with van der Waals surface area (Å²) in [6.45, 7) is 3.74. The Kier molecular flexibility index (Phi) is 5.47. The average molecular weight is 431 g/mol. The molecule has 8 heteroatoms. The van der Waals surface area contributed by atoms with E-state index in [2.05, 4.69) is 10.3 Å². The standard InChI is InChI=1S/C21H19FN2O3S2/c1-11(25)18-3-4-19(29-18)17-7-14(22)5-13-6-16(27-21(13)17)9-23-20(26)8-15-10-28-12(2)24-15/h3-5,7,10,16H,6,8-9H2,1-2H3,(H,23,26). The fourth-order valence-electron chi connectivity index (χ4n) is 3.31. The van der Waals surface area contributed by atoms with Crippen LogP contribution < -0.4 is 10.1 Å². The molecule has 150 valence electrons. The smallest absolute Gasteiger partial charge is 0.226 e. The number of halogens is 1. The summed E-state index contributed by atoms with van der Waals surface area (Å²) in [5.41, 5.74) is 2.17. The first kappa shape index (κ1) is 19.7. The van der Waals surface area contributed by atoms with Gasteiger partial charge in [0.05, 0.1) is 28.5 Å². The lowest BCUT2D eigenvalue weighted by molar-refractivity contribution is -0.120. The number of ether oxygens (including phenoxy) is 1. The minimum atomic E-state index is -0.344. The Balaban J connectivity index is 1.44. The van der Waals surface area contributed by atoms with Gasteiger partial charge in [-0.05, 0) is 38.1 Å². The van der Waals surface area contributed by atoms with Gasteiger partial charge in [-0.25, -0.2) is 9.37 Å². The molecule has 1 unspecified atom stereocenters. The Labute approximate surface area is 175 Å². The van der Waals surface area contributed by atoms with Crippen LogP contribution in [0, 0.1) is 12.7 Å². The van der Waals surface area contributed by atoms with Crippen molar-refractivity contribution in [2.45, 2.75) is 32.8 Å². The van der Waals surface area contributed by atoms with Crippen LogP contribution in [0.5, 0.6) is 5.75 Å². The number of thiazole rings is 1. The van der Waals surface area contributed by atoms with E-state index < -0.39 is 0 Å². The molecule has 0 radical (unpaired) electrons. The van der Waals surface area contributed by atoms with Crippen molar-refractivity contribution in [3.8, 4) is 16.2 Å². The maximum atomic E-state index is 14.2. The van der Waals surface area contributed by atoms with Gasteiger partial charge in [-0.3, -0.25) is 9.59 Å². The molecule has 29 heavy (non-hydrogen) atoms. The molecule has 0 saturated carbocycles. The lowest BCUT2D eigenvalue weighted by Crippen LogP contribution is -2.35. The summed E-state index contributed by atoms with van der Waals surface area (Å²) >= 11 is 2.83. The van der Waals surface area contributed by atoms with Gasteiger partial charge in [0.15, 0.2) is 5.78 Å². The topological polar surface area (TPSA) is 68.3 Å². The van der Waals surface area contributed by atoms with Crippen LogP contribution in [0.15, 0.2) is 29.6 Å². The van der Waals surface area contributed by atoms with Gasteiger partial charge in [-0.1, -0.05) is 0 Å². The highest BCUT2D eigenvalue weighted by Crippen LogP contribution is 2.42. The molecule has 1 amide bonds. The number of hydrogen-bond donors (Lipinski definition) is 1. The number of nitrogens with zero attached hydrogens (tertiary/aromatic N) is 1. The highest BCUT2D eigenvalue weighted by Gasteiger charge is 2.28. The molecular weight excluding hydrogens is 411 g/mol. The molecule has 0 bridgehead atoms. The van der Waals surface area contributed by atoms with Gasteiger partial charge in [0, 0.05) is 27.8 Å². The van der Waals surface area contributed by atoms with Crippen LogP contribution >= 0.6 is 22.7 Å². The predicted octanol–water partition coefficient (Wildman–Crippen LogP) is 4.18. The van der Waals surface area contributed by atoms with Gasteiger partial charge in [0.2, 0.25) is 5.91 Å². The van der Waals surface area contributed by atoms with Crippen LogP contribution in [0.4, 0.5) is 4.39 Å². The van der Waals surface area contributed by atoms with E-state index in [-0.39, 0.29) is 30.0 Å². The Morgan fingerprint density at radius 2 is 2.17 bits per heavy atom. The van der Waals surface area contributed by atoms with Gasteiger partial charge >= 0.3 is 0 Å². The van der Waals surface area contributed by atoms with Crippen LogP contribution in [0.25, 0.3) is 10.4 Å². The molecule has 1 aliphatic rings. The zero-order chi connectivity index (χ0) is 20.5. The lowest BCUT2D eigenvalue weighted by atomic mass is 10.0. The third-order valence-electron chi connectivity index (χ3n) is 4.62. The zero-order valence-electron chi connectivity index (χ0n) is 16.0. The summed E-state index contributed by atoms with van der Waals surface area (Å²) in [4.78, 5) is 29.5. The first-order chi connectivity index (χ1) is 13.9.